The number of hydrogen-bond acceptors (Lipinski definition) is 8. The van der Waals surface area contributed by atoms with E-state index in [2.05, 4.69) is 200 Å². The first-order chi connectivity index (χ1) is 47.4. The van der Waals surface area contributed by atoms with E-state index < -0.39 is 0 Å². The number of benzene rings is 14. The zero-order valence-corrected chi connectivity index (χ0v) is 51.8. The standard InChI is InChI=1S/C88H54N8/c89-55-57-26-30-59(31-27-57)70-22-12-24-76(48-70)81-52-73-21-11-10-20-72(73)51-79(81)62-36-42-69(43-37-62)88-95-85(66-18-8-3-9-19-66)94-86(96-88)67-40-34-61(35-41-67)74-46-47-75-53-82(77-25-13-23-71(49-77)60-32-28-58(56-90)29-33-60)80(54-78(75)50-74)63-38-44-68(45-39-63)87-92-83(64-14-4-1-5-15-64)91-84(93-87)65-16-6-2-7-17-65/h1-54H. The summed E-state index contributed by atoms with van der Waals surface area (Å²) in [7, 11) is 0. The molecule has 0 radical (unpaired) electrons. The van der Waals surface area contributed by atoms with Gasteiger partial charge in [0.25, 0.3) is 0 Å². The highest BCUT2D eigenvalue weighted by Crippen LogP contribution is 2.42. The van der Waals surface area contributed by atoms with Gasteiger partial charge in [0.1, 0.15) is 0 Å². The Hall–Kier alpha value is -13.4. The molecule has 0 aliphatic heterocycles. The Balaban J connectivity index is 0.741. The minimum Gasteiger partial charge on any atom is -0.208 e. The molecule has 0 unspecified atom stereocenters. The summed E-state index contributed by atoms with van der Waals surface area (Å²) in [4.78, 5) is 30.4. The van der Waals surface area contributed by atoms with E-state index in [4.69, 9.17) is 29.9 Å². The van der Waals surface area contributed by atoms with Crippen molar-refractivity contribution in [2.75, 3.05) is 0 Å². The molecule has 2 heterocycles. The SMILES string of the molecule is N#Cc1ccc(-c2cccc(-c3cc4ccccc4cc3-c3ccc(-c4nc(-c5ccccc5)nc(-c5ccc(-c6ccc7cc(-c8cccc(-c9ccc(C#N)cc9)c8)c(-c8ccc(-c9nc(-c%10ccccc%10)nc(-c%10ccccc%10)n9)cc8)cc7c6)cc5)n4)cc3)c2)cc1. The second-order valence-corrected chi connectivity index (χ2v) is 23.7. The van der Waals surface area contributed by atoms with Gasteiger partial charge in [0.05, 0.1) is 23.3 Å². The summed E-state index contributed by atoms with van der Waals surface area (Å²) in [5, 5.41) is 23.5. The first-order valence-corrected chi connectivity index (χ1v) is 31.7. The molecule has 8 nitrogen and oxygen atoms in total. The van der Waals surface area contributed by atoms with Crippen LogP contribution in [-0.2, 0) is 0 Å². The van der Waals surface area contributed by atoms with Gasteiger partial charge in [-0.1, -0.05) is 261 Å². The van der Waals surface area contributed by atoms with Gasteiger partial charge in [-0.25, -0.2) is 29.9 Å². The van der Waals surface area contributed by atoms with Gasteiger partial charge in [0.15, 0.2) is 34.9 Å². The minimum atomic E-state index is 0.571. The Labute approximate surface area is 555 Å². The van der Waals surface area contributed by atoms with Crippen molar-refractivity contribution < 1.29 is 0 Å². The fraction of sp³-hybridized carbons (Fsp3) is 0. The summed E-state index contributed by atoms with van der Waals surface area (Å²) in [6.45, 7) is 0. The zero-order valence-electron chi connectivity index (χ0n) is 51.8. The van der Waals surface area contributed by atoms with E-state index in [-0.39, 0.29) is 0 Å². The number of nitriles is 2. The van der Waals surface area contributed by atoms with Crippen molar-refractivity contribution in [1.29, 1.82) is 10.5 Å². The molecule has 0 saturated heterocycles. The maximum atomic E-state index is 9.57. The maximum absolute atomic E-state index is 9.57. The topological polar surface area (TPSA) is 125 Å². The highest BCUT2D eigenvalue weighted by Gasteiger charge is 2.19. The summed E-state index contributed by atoms with van der Waals surface area (Å²) in [5.41, 5.74) is 21.6. The maximum Gasteiger partial charge on any atom is 0.164 e. The predicted octanol–water partition coefficient (Wildman–Crippen LogP) is 21.8. The monoisotopic (exact) mass is 1220 g/mol. The van der Waals surface area contributed by atoms with E-state index >= 15 is 0 Å². The van der Waals surface area contributed by atoms with Crippen molar-refractivity contribution in [2.45, 2.75) is 0 Å². The van der Waals surface area contributed by atoms with Crippen molar-refractivity contribution in [3.05, 3.63) is 339 Å². The molecule has 0 aliphatic carbocycles. The third kappa shape index (κ3) is 11.7. The highest BCUT2D eigenvalue weighted by atomic mass is 15.0. The second kappa shape index (κ2) is 25.4. The smallest absolute Gasteiger partial charge is 0.164 e. The summed E-state index contributed by atoms with van der Waals surface area (Å²) in [6, 6.07) is 117. The van der Waals surface area contributed by atoms with Gasteiger partial charge in [0, 0.05) is 33.4 Å². The number of aromatic nitrogens is 6. The Bertz CT molecular complexity index is 5610. The average Bonchev–Trinajstić information content (AvgIpc) is 0.872. The van der Waals surface area contributed by atoms with Crippen LogP contribution in [0, 0.1) is 22.7 Å². The van der Waals surface area contributed by atoms with E-state index in [1.165, 1.54) is 0 Å². The fourth-order valence-corrected chi connectivity index (χ4v) is 12.6. The molecule has 0 atom stereocenters. The summed E-state index contributed by atoms with van der Waals surface area (Å²) in [5.74, 6) is 3.54. The molecular weight excluding hydrogens is 1170 g/mol. The predicted molar refractivity (Wildman–Crippen MR) is 388 cm³/mol. The average molecular weight is 1220 g/mol. The quantitative estimate of drug-likeness (QED) is 0.112. The zero-order chi connectivity index (χ0) is 64.3. The molecule has 8 heteroatoms. The molecule has 16 aromatic rings. The number of rotatable bonds is 13. The van der Waals surface area contributed by atoms with Gasteiger partial charge in [-0.15, -0.1) is 0 Å². The van der Waals surface area contributed by atoms with Crippen LogP contribution in [0.4, 0.5) is 0 Å². The van der Waals surface area contributed by atoms with Crippen LogP contribution in [0.3, 0.4) is 0 Å². The first-order valence-electron chi connectivity index (χ1n) is 31.7. The van der Waals surface area contributed by atoms with Gasteiger partial charge in [0.2, 0.25) is 0 Å². The van der Waals surface area contributed by atoms with Gasteiger partial charge in [-0.3, -0.25) is 0 Å². The van der Waals surface area contributed by atoms with Crippen molar-refractivity contribution in [2.24, 2.45) is 0 Å². The van der Waals surface area contributed by atoms with Gasteiger partial charge in [-0.05, 0) is 166 Å². The van der Waals surface area contributed by atoms with Gasteiger partial charge in [-0.2, -0.15) is 10.5 Å². The lowest BCUT2D eigenvalue weighted by Gasteiger charge is -2.15. The Morgan fingerprint density at radius 3 is 0.760 bits per heavy atom. The van der Waals surface area contributed by atoms with Crippen LogP contribution >= 0.6 is 0 Å². The van der Waals surface area contributed by atoms with Gasteiger partial charge >= 0.3 is 0 Å². The lowest BCUT2D eigenvalue weighted by atomic mass is 9.89. The molecule has 2 aromatic heterocycles. The lowest BCUT2D eigenvalue weighted by Crippen LogP contribution is -2.00. The molecule has 14 aromatic carbocycles. The van der Waals surface area contributed by atoms with E-state index in [0.717, 1.165) is 133 Å². The third-order valence-corrected chi connectivity index (χ3v) is 17.7. The molecule has 446 valence electrons. The molecule has 0 fully saturated rings. The van der Waals surface area contributed by atoms with Crippen molar-refractivity contribution in [3.63, 3.8) is 0 Å². The lowest BCUT2D eigenvalue weighted by molar-refractivity contribution is 1.07. The van der Waals surface area contributed by atoms with Crippen molar-refractivity contribution in [1.82, 2.24) is 29.9 Å². The van der Waals surface area contributed by atoms with Crippen molar-refractivity contribution >= 4 is 21.5 Å². The highest BCUT2D eigenvalue weighted by molar-refractivity contribution is 6.00. The molecule has 0 saturated carbocycles. The number of hydrogen-bond donors (Lipinski definition) is 0. The summed E-state index contributed by atoms with van der Waals surface area (Å²) >= 11 is 0. The minimum absolute atomic E-state index is 0.571. The Morgan fingerprint density at radius 2 is 0.406 bits per heavy atom. The van der Waals surface area contributed by atoms with Crippen LogP contribution in [0.15, 0.2) is 328 Å². The molecule has 16 rings (SSSR count). The third-order valence-electron chi connectivity index (χ3n) is 17.7. The molecule has 0 N–H and O–H groups in total. The molecule has 0 spiro atoms. The molecule has 0 aliphatic rings. The van der Waals surface area contributed by atoms with E-state index in [0.29, 0.717) is 46.1 Å². The van der Waals surface area contributed by atoms with Crippen molar-refractivity contribution in [3.8, 4) is 158 Å². The van der Waals surface area contributed by atoms with E-state index in [9.17, 15) is 10.5 Å². The molecular formula is C88H54N8. The largest absolute Gasteiger partial charge is 0.208 e. The summed E-state index contributed by atoms with van der Waals surface area (Å²) < 4.78 is 0. The first kappa shape index (κ1) is 57.7. The van der Waals surface area contributed by atoms with E-state index in [1.54, 1.807) is 0 Å². The van der Waals surface area contributed by atoms with Gasteiger partial charge < -0.3 is 0 Å². The normalized spacial score (nSPS) is 11.1. The molecule has 96 heavy (non-hydrogen) atoms. The summed E-state index contributed by atoms with van der Waals surface area (Å²) in [6.07, 6.45) is 0. The van der Waals surface area contributed by atoms with Crippen LogP contribution in [-0.4, -0.2) is 29.9 Å². The number of fused-ring (bicyclic) bond motifs is 2. The van der Waals surface area contributed by atoms with E-state index in [1.807, 2.05) is 140 Å². The second-order valence-electron chi connectivity index (χ2n) is 23.7. The Kier molecular flexibility index (Phi) is 15.2. The Morgan fingerprint density at radius 1 is 0.167 bits per heavy atom. The number of nitrogens with zero attached hydrogens (tertiary/aromatic N) is 8. The van der Waals surface area contributed by atoms with Crippen LogP contribution in [0.25, 0.3) is 168 Å². The van der Waals surface area contributed by atoms with Crippen LogP contribution in [0.1, 0.15) is 11.1 Å². The van der Waals surface area contributed by atoms with Crippen LogP contribution in [0.2, 0.25) is 0 Å². The molecule has 0 amide bonds. The molecule has 0 bridgehead atoms. The fourth-order valence-electron chi connectivity index (χ4n) is 12.6. The van der Waals surface area contributed by atoms with Crippen LogP contribution in [0.5, 0.6) is 0 Å². The van der Waals surface area contributed by atoms with Crippen LogP contribution < -0.4 is 0 Å².